The van der Waals surface area contributed by atoms with Gasteiger partial charge >= 0.3 is 0 Å². The average Bonchev–Trinajstić information content (AvgIpc) is 2.28. The molecule has 0 aliphatic rings. The van der Waals surface area contributed by atoms with Crippen LogP contribution in [0.1, 0.15) is 17.3 Å². The molecule has 0 aliphatic carbocycles. The van der Waals surface area contributed by atoms with Crippen LogP contribution in [-0.2, 0) is 0 Å². The number of nitrogen functional groups attached to an aromatic ring is 1. The molecular weight excluding hydrogens is 207 g/mol. The predicted molar refractivity (Wildman–Crippen MR) is 62.6 cm³/mol. The van der Waals surface area contributed by atoms with E-state index in [-0.39, 0.29) is 11.6 Å². The van der Waals surface area contributed by atoms with E-state index in [2.05, 4.69) is 6.58 Å². The van der Waals surface area contributed by atoms with Gasteiger partial charge in [0.15, 0.2) is 0 Å². The molecule has 0 unspecified atom stereocenters. The first kappa shape index (κ1) is 12.2. The molecule has 0 saturated carbocycles. The lowest BCUT2D eigenvalue weighted by Crippen LogP contribution is -2.30. The third kappa shape index (κ3) is 2.59. The van der Waals surface area contributed by atoms with Crippen LogP contribution in [0, 0.1) is 5.82 Å². The highest BCUT2D eigenvalue weighted by Crippen LogP contribution is 2.13. The standard InChI is InChI=1S/C12H15FN2O/c1-3-7-15(4-2)12(16)9-5-6-11(14)10(13)8-9/h3,5-6,8H,1,4,7,14H2,2H3. The van der Waals surface area contributed by atoms with Crippen molar-refractivity contribution in [3.05, 3.63) is 42.2 Å². The summed E-state index contributed by atoms with van der Waals surface area (Å²) in [7, 11) is 0. The number of hydrogen-bond acceptors (Lipinski definition) is 2. The lowest BCUT2D eigenvalue weighted by Gasteiger charge is -2.19. The Morgan fingerprint density at radius 1 is 1.62 bits per heavy atom. The van der Waals surface area contributed by atoms with Gasteiger partial charge in [0, 0.05) is 18.7 Å². The van der Waals surface area contributed by atoms with Crippen molar-refractivity contribution < 1.29 is 9.18 Å². The van der Waals surface area contributed by atoms with Gasteiger partial charge in [-0.25, -0.2) is 4.39 Å². The second kappa shape index (κ2) is 5.30. The minimum atomic E-state index is -0.569. The molecule has 0 aromatic heterocycles. The molecule has 16 heavy (non-hydrogen) atoms. The number of likely N-dealkylation sites (N-methyl/N-ethyl adjacent to an activating group) is 1. The van der Waals surface area contributed by atoms with Gasteiger partial charge in [-0.2, -0.15) is 0 Å². The summed E-state index contributed by atoms with van der Waals surface area (Å²) < 4.78 is 13.2. The predicted octanol–water partition coefficient (Wildman–Crippen LogP) is 2.06. The summed E-state index contributed by atoms with van der Waals surface area (Å²) in [5.41, 5.74) is 5.69. The van der Waals surface area contributed by atoms with Crippen LogP contribution in [0.3, 0.4) is 0 Å². The lowest BCUT2D eigenvalue weighted by molar-refractivity contribution is 0.0781. The SMILES string of the molecule is C=CCN(CC)C(=O)c1ccc(N)c(F)c1. The molecule has 0 aliphatic heterocycles. The fourth-order valence-corrected chi connectivity index (χ4v) is 1.35. The Bertz CT molecular complexity index is 404. The van der Waals surface area contributed by atoms with Crippen molar-refractivity contribution in [2.75, 3.05) is 18.8 Å². The lowest BCUT2D eigenvalue weighted by atomic mass is 10.1. The minimum Gasteiger partial charge on any atom is -0.396 e. The first-order valence-electron chi connectivity index (χ1n) is 5.05. The van der Waals surface area contributed by atoms with Crippen molar-refractivity contribution in [1.82, 2.24) is 4.90 Å². The molecule has 2 N–H and O–H groups in total. The Balaban J connectivity index is 2.94. The van der Waals surface area contributed by atoms with Crippen molar-refractivity contribution in [2.45, 2.75) is 6.92 Å². The van der Waals surface area contributed by atoms with E-state index in [0.29, 0.717) is 18.7 Å². The summed E-state index contributed by atoms with van der Waals surface area (Å²) in [5, 5.41) is 0. The van der Waals surface area contributed by atoms with Gasteiger partial charge in [0.25, 0.3) is 5.91 Å². The Hall–Kier alpha value is -1.84. The number of amides is 1. The van der Waals surface area contributed by atoms with Crippen LogP contribution in [0.25, 0.3) is 0 Å². The number of carbonyl (C=O) groups is 1. The number of anilines is 1. The molecule has 1 rings (SSSR count). The fourth-order valence-electron chi connectivity index (χ4n) is 1.35. The normalized spacial score (nSPS) is 9.88. The van der Waals surface area contributed by atoms with Gasteiger partial charge in [-0.3, -0.25) is 4.79 Å². The Kier molecular flexibility index (Phi) is 4.05. The zero-order valence-electron chi connectivity index (χ0n) is 9.24. The largest absolute Gasteiger partial charge is 0.396 e. The Morgan fingerprint density at radius 3 is 2.81 bits per heavy atom. The molecule has 1 amide bonds. The molecule has 0 fully saturated rings. The maximum atomic E-state index is 13.2. The van der Waals surface area contributed by atoms with Crippen LogP contribution in [0.15, 0.2) is 30.9 Å². The number of nitrogens with zero attached hydrogens (tertiary/aromatic N) is 1. The molecule has 1 aromatic carbocycles. The minimum absolute atomic E-state index is 0.0447. The molecule has 0 saturated heterocycles. The van der Waals surface area contributed by atoms with Crippen LogP contribution in [0.2, 0.25) is 0 Å². The van der Waals surface area contributed by atoms with E-state index in [1.54, 1.807) is 11.0 Å². The van der Waals surface area contributed by atoms with E-state index >= 15 is 0 Å². The first-order valence-corrected chi connectivity index (χ1v) is 5.05. The molecule has 0 radical (unpaired) electrons. The van der Waals surface area contributed by atoms with Gasteiger partial charge < -0.3 is 10.6 Å². The van der Waals surface area contributed by atoms with Crippen LogP contribution in [0.5, 0.6) is 0 Å². The highest BCUT2D eigenvalue weighted by atomic mass is 19.1. The first-order chi connectivity index (χ1) is 7.60. The number of hydrogen-bond donors (Lipinski definition) is 1. The Labute approximate surface area is 94.4 Å². The molecule has 0 heterocycles. The van der Waals surface area contributed by atoms with E-state index in [0.717, 1.165) is 6.07 Å². The van der Waals surface area contributed by atoms with Crippen molar-refractivity contribution in [3.63, 3.8) is 0 Å². The number of halogens is 1. The zero-order valence-corrected chi connectivity index (χ0v) is 9.24. The van der Waals surface area contributed by atoms with Gasteiger partial charge in [-0.1, -0.05) is 6.08 Å². The summed E-state index contributed by atoms with van der Waals surface area (Å²) in [5.74, 6) is -0.790. The van der Waals surface area contributed by atoms with Gasteiger partial charge in [-0.05, 0) is 25.1 Å². The smallest absolute Gasteiger partial charge is 0.254 e. The maximum Gasteiger partial charge on any atom is 0.254 e. The third-order valence-electron chi connectivity index (χ3n) is 2.27. The van der Waals surface area contributed by atoms with E-state index in [9.17, 15) is 9.18 Å². The molecule has 3 nitrogen and oxygen atoms in total. The fraction of sp³-hybridized carbons (Fsp3) is 0.250. The number of rotatable bonds is 4. The van der Waals surface area contributed by atoms with Crippen molar-refractivity contribution in [3.8, 4) is 0 Å². The zero-order chi connectivity index (χ0) is 12.1. The van der Waals surface area contributed by atoms with Crippen LogP contribution < -0.4 is 5.73 Å². The van der Waals surface area contributed by atoms with Gasteiger partial charge in [0.05, 0.1) is 5.69 Å². The van der Waals surface area contributed by atoms with Crippen LogP contribution in [0.4, 0.5) is 10.1 Å². The second-order valence-electron chi connectivity index (χ2n) is 3.37. The molecule has 0 atom stereocenters. The molecule has 1 aromatic rings. The van der Waals surface area contributed by atoms with Crippen LogP contribution >= 0.6 is 0 Å². The summed E-state index contributed by atoms with van der Waals surface area (Å²) >= 11 is 0. The molecule has 0 spiro atoms. The second-order valence-corrected chi connectivity index (χ2v) is 3.37. The van der Waals surface area contributed by atoms with Crippen LogP contribution in [-0.4, -0.2) is 23.9 Å². The molecular formula is C12H15FN2O. The van der Waals surface area contributed by atoms with Gasteiger partial charge in [0.1, 0.15) is 5.82 Å². The summed E-state index contributed by atoms with van der Waals surface area (Å²) in [4.78, 5) is 13.5. The Morgan fingerprint density at radius 2 is 2.31 bits per heavy atom. The van der Waals surface area contributed by atoms with Crippen molar-refractivity contribution >= 4 is 11.6 Å². The highest BCUT2D eigenvalue weighted by molar-refractivity contribution is 5.94. The molecule has 4 heteroatoms. The average molecular weight is 222 g/mol. The van der Waals surface area contributed by atoms with E-state index in [1.807, 2.05) is 6.92 Å². The van der Waals surface area contributed by atoms with E-state index in [4.69, 9.17) is 5.73 Å². The van der Waals surface area contributed by atoms with Crippen molar-refractivity contribution in [2.24, 2.45) is 0 Å². The quantitative estimate of drug-likeness (QED) is 0.626. The number of carbonyl (C=O) groups excluding carboxylic acids is 1. The highest BCUT2D eigenvalue weighted by Gasteiger charge is 2.13. The maximum absolute atomic E-state index is 13.2. The summed E-state index contributed by atoms with van der Waals surface area (Å²) in [6.45, 7) is 6.42. The molecule has 86 valence electrons. The number of benzene rings is 1. The summed E-state index contributed by atoms with van der Waals surface area (Å²) in [6, 6.07) is 4.07. The monoisotopic (exact) mass is 222 g/mol. The topological polar surface area (TPSA) is 46.3 Å². The van der Waals surface area contributed by atoms with E-state index in [1.165, 1.54) is 12.1 Å². The van der Waals surface area contributed by atoms with Crippen molar-refractivity contribution in [1.29, 1.82) is 0 Å². The summed E-state index contributed by atoms with van der Waals surface area (Å²) in [6.07, 6.45) is 1.63. The van der Waals surface area contributed by atoms with Gasteiger partial charge in [-0.15, -0.1) is 6.58 Å². The van der Waals surface area contributed by atoms with E-state index < -0.39 is 5.82 Å². The number of nitrogens with two attached hydrogens (primary N) is 1. The molecule has 0 bridgehead atoms. The third-order valence-corrected chi connectivity index (χ3v) is 2.27. The van der Waals surface area contributed by atoms with Gasteiger partial charge in [0.2, 0.25) is 0 Å².